The van der Waals surface area contributed by atoms with Crippen LogP contribution in [-0.4, -0.2) is 103 Å². The highest BCUT2D eigenvalue weighted by atomic mass is 32.2. The first kappa shape index (κ1) is 27.9. The number of benzene rings is 2. The summed E-state index contributed by atoms with van der Waals surface area (Å²) in [4.78, 5) is 24.2. The van der Waals surface area contributed by atoms with Crippen molar-refractivity contribution in [3.8, 4) is 0 Å². The number of likely N-dealkylation sites (N-methyl/N-ethyl adjacent to an activating group) is 2. The van der Waals surface area contributed by atoms with Crippen LogP contribution in [0.1, 0.15) is 10.4 Å². The maximum Gasteiger partial charge on any atom is 0.139 e. The maximum atomic E-state index is 5.40. The van der Waals surface area contributed by atoms with Crippen LogP contribution in [0.5, 0.6) is 0 Å². The molecule has 6 heterocycles. The van der Waals surface area contributed by atoms with Crippen molar-refractivity contribution < 1.29 is 0 Å². The van der Waals surface area contributed by atoms with Gasteiger partial charge in [0.25, 0.3) is 0 Å². The van der Waals surface area contributed by atoms with E-state index in [2.05, 4.69) is 112 Å². The Hall–Kier alpha value is -3.57. The molecule has 0 bridgehead atoms. The molecule has 0 spiro atoms. The molecule has 3 aromatic rings. The van der Waals surface area contributed by atoms with Crippen molar-refractivity contribution in [3.05, 3.63) is 88.2 Å². The van der Waals surface area contributed by atoms with E-state index in [1.807, 2.05) is 23.1 Å². The molecule has 8 rings (SSSR count). The zero-order chi connectivity index (χ0) is 29.8. The summed E-state index contributed by atoms with van der Waals surface area (Å²) in [7, 11) is 4.42. The van der Waals surface area contributed by atoms with E-state index < -0.39 is 0 Å². The lowest BCUT2D eigenvalue weighted by Gasteiger charge is -2.37. The summed E-state index contributed by atoms with van der Waals surface area (Å²) >= 11 is 3.71. The lowest BCUT2D eigenvalue weighted by atomic mass is 10.1. The zero-order valence-corrected chi connectivity index (χ0v) is 27.2. The van der Waals surface area contributed by atoms with Crippen molar-refractivity contribution in [2.45, 2.75) is 6.92 Å². The Balaban J connectivity index is 1.28. The minimum atomic E-state index is 0.828. The van der Waals surface area contributed by atoms with E-state index >= 15 is 0 Å². The van der Waals surface area contributed by atoms with Crippen molar-refractivity contribution in [2.75, 3.05) is 82.4 Å². The first-order chi connectivity index (χ1) is 21.5. The molecule has 5 aliphatic heterocycles. The number of aryl methyl sites for hydroxylation is 1. The summed E-state index contributed by atoms with van der Waals surface area (Å²) in [5.74, 6) is 3.09. The van der Waals surface area contributed by atoms with E-state index in [-0.39, 0.29) is 0 Å². The maximum absolute atomic E-state index is 5.40. The topological polar surface area (TPSA) is 53.0 Å². The molecule has 5 aliphatic rings. The Bertz CT molecular complexity index is 1720. The van der Waals surface area contributed by atoms with Gasteiger partial charge in [-0.1, -0.05) is 36.0 Å². The van der Waals surface area contributed by atoms with Gasteiger partial charge in [0.2, 0.25) is 0 Å². The fourth-order valence-electron chi connectivity index (χ4n) is 6.55. The van der Waals surface area contributed by atoms with Crippen LogP contribution in [0, 0.1) is 6.92 Å². The van der Waals surface area contributed by atoms with Crippen LogP contribution in [0.2, 0.25) is 0 Å². The van der Waals surface area contributed by atoms with Crippen LogP contribution in [0.25, 0.3) is 0 Å². The van der Waals surface area contributed by atoms with E-state index in [0.717, 1.165) is 97.6 Å². The molecule has 1 N–H and O–H groups in total. The van der Waals surface area contributed by atoms with Crippen molar-refractivity contribution in [1.29, 1.82) is 0 Å². The van der Waals surface area contributed by atoms with Gasteiger partial charge in [0.15, 0.2) is 0 Å². The zero-order valence-electron chi connectivity index (χ0n) is 25.6. The van der Waals surface area contributed by atoms with E-state index in [0.29, 0.717) is 0 Å². The van der Waals surface area contributed by atoms with Crippen LogP contribution in [-0.2, 0) is 0 Å². The summed E-state index contributed by atoms with van der Waals surface area (Å²) in [6.07, 6.45) is 2.40. The van der Waals surface area contributed by atoms with Crippen molar-refractivity contribution in [3.63, 3.8) is 0 Å². The van der Waals surface area contributed by atoms with Crippen LogP contribution in [0.3, 0.4) is 0 Å². The first-order valence-electron chi connectivity index (χ1n) is 15.5. The Morgan fingerprint density at radius 3 is 2.23 bits per heavy atom. The lowest BCUT2D eigenvalue weighted by Crippen LogP contribution is -2.47. The van der Waals surface area contributed by atoms with Gasteiger partial charge in [0.05, 0.1) is 28.3 Å². The van der Waals surface area contributed by atoms with Crippen LogP contribution < -0.4 is 10.2 Å². The van der Waals surface area contributed by atoms with Gasteiger partial charge in [-0.25, -0.2) is 9.98 Å². The number of para-hydroxylation sites is 4. The number of piperazine rings is 2. The molecule has 0 unspecified atom stereocenters. The number of rotatable bonds is 2. The van der Waals surface area contributed by atoms with Gasteiger partial charge in [-0.2, -0.15) is 0 Å². The highest BCUT2D eigenvalue weighted by molar-refractivity contribution is 8.14. The van der Waals surface area contributed by atoms with Crippen molar-refractivity contribution in [2.24, 2.45) is 9.98 Å². The predicted molar refractivity (Wildman–Crippen MR) is 187 cm³/mol. The van der Waals surface area contributed by atoms with Gasteiger partial charge < -0.3 is 29.8 Å². The summed E-state index contributed by atoms with van der Waals surface area (Å²) in [5.41, 5.74) is 7.88. The Morgan fingerprint density at radius 1 is 0.773 bits per heavy atom. The molecule has 0 atom stereocenters. The summed E-state index contributed by atoms with van der Waals surface area (Å²) in [6, 6.07) is 19.4. The number of hydrogen-bond donors (Lipinski definition) is 1. The fraction of sp³-hybridized carbons (Fsp3) is 0.353. The number of fused-ring (bicyclic) bond motifs is 4. The molecule has 2 fully saturated rings. The number of thiophene rings is 1. The minimum Gasteiger partial charge on any atom is -0.355 e. The van der Waals surface area contributed by atoms with Crippen molar-refractivity contribution in [1.82, 2.24) is 19.6 Å². The molecule has 44 heavy (non-hydrogen) atoms. The number of anilines is 3. The molecular weight excluding hydrogens is 585 g/mol. The molecule has 1 aromatic heterocycles. The quantitative estimate of drug-likeness (QED) is 0.372. The average molecular weight is 623 g/mol. The molecule has 0 amide bonds. The van der Waals surface area contributed by atoms with Gasteiger partial charge in [-0.05, 0) is 57.4 Å². The van der Waals surface area contributed by atoms with E-state index in [1.165, 1.54) is 26.7 Å². The third kappa shape index (κ3) is 5.03. The van der Waals surface area contributed by atoms with Gasteiger partial charge in [-0.15, -0.1) is 11.3 Å². The summed E-state index contributed by atoms with van der Waals surface area (Å²) in [6.45, 7) is 10.3. The van der Waals surface area contributed by atoms with Gasteiger partial charge in [0.1, 0.15) is 21.7 Å². The minimum absolute atomic E-state index is 0.828. The summed E-state index contributed by atoms with van der Waals surface area (Å²) in [5, 5.41) is 6.18. The molecule has 10 heteroatoms. The molecule has 0 saturated carbocycles. The Labute approximate surface area is 268 Å². The third-order valence-electron chi connectivity index (χ3n) is 9.07. The molecule has 2 saturated heterocycles. The normalized spacial score (nSPS) is 20.8. The second-order valence-corrected chi connectivity index (χ2v) is 14.4. The second-order valence-electron chi connectivity index (χ2n) is 12.2. The molecule has 8 nitrogen and oxygen atoms in total. The van der Waals surface area contributed by atoms with Crippen LogP contribution in [0.4, 0.5) is 27.8 Å². The molecule has 0 radical (unpaired) electrons. The highest BCUT2D eigenvalue weighted by Crippen LogP contribution is 2.48. The SMILES string of the molecule is Cc1cc2c(s1)N(C1=CC3=C(N4CCN(C)CC4)Nc4ccccc4N=C3SC1)c1ccccc1N=C2N1CCN(C)CC1. The smallest absolute Gasteiger partial charge is 0.139 e. The number of aliphatic imine (C=N–C) groups is 2. The molecular formula is C34H38N8S2. The Morgan fingerprint density at radius 2 is 1.45 bits per heavy atom. The molecule has 2 aromatic carbocycles. The molecule has 226 valence electrons. The van der Waals surface area contributed by atoms with Crippen LogP contribution >= 0.6 is 23.1 Å². The number of allylic oxidation sites excluding steroid dienone is 1. The third-order valence-corrected chi connectivity index (χ3v) is 11.1. The average Bonchev–Trinajstić information content (AvgIpc) is 3.26. The molecule has 0 aliphatic carbocycles. The van der Waals surface area contributed by atoms with Gasteiger partial charge >= 0.3 is 0 Å². The standard InChI is InChI=1S/C34H38N8S2/c1-23-20-26-32(41-18-14-39(3)15-19-41)36-29-10-6-7-11-30(29)42(34(26)44-23)24-21-25-31(40-16-12-38(2)13-17-40)35-27-8-4-5-9-28(27)37-33(25)43-22-24/h4-11,20-21,35H,12-19,22H2,1-3H3. The number of thioether (sulfide) groups is 1. The predicted octanol–water partition coefficient (Wildman–Crippen LogP) is 6.08. The number of nitrogens with one attached hydrogen (secondary N) is 1. The fourth-order valence-corrected chi connectivity index (χ4v) is 8.57. The second kappa shape index (κ2) is 11.4. The summed E-state index contributed by atoms with van der Waals surface area (Å²) < 4.78 is 0. The van der Waals surface area contributed by atoms with Gasteiger partial charge in [-0.3, -0.25) is 0 Å². The largest absolute Gasteiger partial charge is 0.355 e. The first-order valence-corrected chi connectivity index (χ1v) is 17.3. The van der Waals surface area contributed by atoms with Crippen molar-refractivity contribution >= 4 is 61.7 Å². The monoisotopic (exact) mass is 622 g/mol. The number of nitrogens with zero attached hydrogens (tertiary/aromatic N) is 7. The Kier molecular flexibility index (Phi) is 7.25. The number of hydrogen-bond acceptors (Lipinski definition) is 10. The highest BCUT2D eigenvalue weighted by Gasteiger charge is 2.34. The van der Waals surface area contributed by atoms with Crippen LogP contribution in [0.15, 0.2) is 87.7 Å². The van der Waals surface area contributed by atoms with Gasteiger partial charge in [0, 0.05) is 74.3 Å². The van der Waals surface area contributed by atoms with E-state index in [4.69, 9.17) is 9.98 Å². The lowest BCUT2D eigenvalue weighted by molar-refractivity contribution is 0.187. The van der Waals surface area contributed by atoms with E-state index in [1.54, 1.807) is 0 Å². The van der Waals surface area contributed by atoms with E-state index in [9.17, 15) is 0 Å². The number of amidine groups is 1.